The number of rotatable bonds is 1. The molecule has 1 N–H and O–H groups in total. The summed E-state index contributed by atoms with van der Waals surface area (Å²) in [5.74, 6) is -2.73. The Morgan fingerprint density at radius 3 is 2.40 bits per heavy atom. The van der Waals surface area contributed by atoms with Crippen molar-refractivity contribution in [3.8, 4) is 0 Å². The molecule has 1 aromatic carbocycles. The minimum Gasteiger partial charge on any atom is -0.310 e. The largest absolute Gasteiger partial charge is 0.310 e. The lowest BCUT2D eigenvalue weighted by atomic mass is 10.0. The molecule has 15 heavy (non-hydrogen) atoms. The predicted octanol–water partition coefficient (Wildman–Crippen LogP) is 2.95. The Morgan fingerprint density at radius 2 is 1.80 bits per heavy atom. The van der Waals surface area contributed by atoms with Gasteiger partial charge in [0.05, 0.1) is 0 Å². The molecule has 1 heterocycles. The maximum Gasteiger partial charge on any atom is 0.166 e. The van der Waals surface area contributed by atoms with Crippen LogP contribution < -0.4 is 5.32 Å². The summed E-state index contributed by atoms with van der Waals surface area (Å²) in [5.41, 5.74) is -0.164. The molecule has 84 valence electrons. The van der Waals surface area contributed by atoms with Gasteiger partial charge in [-0.2, -0.15) is 0 Å². The highest BCUT2D eigenvalue weighted by molar-refractivity contribution is 5.85. The Bertz CT molecular complexity index is 351. The highest BCUT2D eigenvalue weighted by atomic mass is 35.5. The van der Waals surface area contributed by atoms with Crippen LogP contribution in [-0.2, 0) is 0 Å². The lowest BCUT2D eigenvalue weighted by molar-refractivity contribution is 0.455. The van der Waals surface area contributed by atoms with Crippen LogP contribution >= 0.6 is 12.4 Å². The summed E-state index contributed by atoms with van der Waals surface area (Å²) >= 11 is 0. The molecule has 1 aliphatic heterocycles. The van der Waals surface area contributed by atoms with E-state index in [0.29, 0.717) is 6.42 Å². The lowest BCUT2D eigenvalue weighted by Gasteiger charge is -2.12. The minimum atomic E-state index is -1.07. The van der Waals surface area contributed by atoms with Crippen molar-refractivity contribution in [1.82, 2.24) is 5.32 Å². The third-order valence-electron chi connectivity index (χ3n) is 2.49. The zero-order valence-electron chi connectivity index (χ0n) is 7.90. The molecule has 5 heteroatoms. The van der Waals surface area contributed by atoms with E-state index in [1.165, 1.54) is 0 Å². The molecule has 2 rings (SSSR count). The molecule has 0 aliphatic carbocycles. The molecule has 0 spiro atoms. The van der Waals surface area contributed by atoms with Gasteiger partial charge < -0.3 is 5.32 Å². The van der Waals surface area contributed by atoms with Crippen molar-refractivity contribution in [3.63, 3.8) is 0 Å². The van der Waals surface area contributed by atoms with Crippen LogP contribution in [0.2, 0.25) is 0 Å². The van der Waals surface area contributed by atoms with E-state index in [1.54, 1.807) is 0 Å². The summed E-state index contributed by atoms with van der Waals surface area (Å²) in [7, 11) is 0. The lowest BCUT2D eigenvalue weighted by Crippen LogP contribution is -2.16. The van der Waals surface area contributed by atoms with E-state index in [-0.39, 0.29) is 24.0 Å². The fourth-order valence-corrected chi connectivity index (χ4v) is 1.79. The molecule has 1 saturated heterocycles. The Hall–Kier alpha value is -0.740. The fraction of sp³-hybridized carbons (Fsp3) is 0.400. The Balaban J connectivity index is 0.00000112. The van der Waals surface area contributed by atoms with E-state index in [2.05, 4.69) is 5.32 Å². The predicted molar refractivity (Wildman–Crippen MR) is 53.5 cm³/mol. The van der Waals surface area contributed by atoms with E-state index in [4.69, 9.17) is 0 Å². The molecule has 0 radical (unpaired) electrons. The van der Waals surface area contributed by atoms with Crippen LogP contribution in [0, 0.1) is 17.5 Å². The number of nitrogens with one attached hydrogen (secondary N) is 1. The highest BCUT2D eigenvalue weighted by Crippen LogP contribution is 2.28. The first-order valence-electron chi connectivity index (χ1n) is 4.57. The first-order valence-corrected chi connectivity index (χ1v) is 4.57. The topological polar surface area (TPSA) is 12.0 Å². The molecule has 1 fully saturated rings. The van der Waals surface area contributed by atoms with Crippen LogP contribution in [-0.4, -0.2) is 6.54 Å². The molecule has 0 bridgehead atoms. The van der Waals surface area contributed by atoms with E-state index < -0.39 is 17.5 Å². The van der Waals surface area contributed by atoms with Crippen LogP contribution in [0.25, 0.3) is 0 Å². The number of hydrogen-bond acceptors (Lipinski definition) is 1. The number of benzene rings is 1. The van der Waals surface area contributed by atoms with Crippen LogP contribution in [0.15, 0.2) is 12.1 Å². The monoisotopic (exact) mass is 237 g/mol. The number of halogens is 4. The van der Waals surface area contributed by atoms with Gasteiger partial charge in [-0.1, -0.05) is 0 Å². The third-order valence-corrected chi connectivity index (χ3v) is 2.49. The number of hydrogen-bond donors (Lipinski definition) is 1. The van der Waals surface area contributed by atoms with Gasteiger partial charge in [-0.15, -0.1) is 12.4 Å². The summed E-state index contributed by atoms with van der Waals surface area (Å²) < 4.78 is 39.3. The average Bonchev–Trinajstić information content (AvgIpc) is 2.65. The first kappa shape index (κ1) is 12.3. The highest BCUT2D eigenvalue weighted by Gasteiger charge is 2.24. The van der Waals surface area contributed by atoms with Crippen molar-refractivity contribution in [2.45, 2.75) is 18.9 Å². The van der Waals surface area contributed by atoms with Crippen LogP contribution in [0.3, 0.4) is 0 Å². The maximum absolute atomic E-state index is 13.3. The summed E-state index contributed by atoms with van der Waals surface area (Å²) in [6.07, 6.45) is 1.51. The standard InChI is InChI=1S/C10H10F3N.ClH/c11-6-3-4-7(12)10(13)9(6)8-2-1-5-14-8;/h3-4,8,14H,1-2,5H2;1H/t8-;/m1./s1. The summed E-state index contributed by atoms with van der Waals surface area (Å²) in [4.78, 5) is 0. The zero-order valence-corrected chi connectivity index (χ0v) is 8.71. The fourth-order valence-electron chi connectivity index (χ4n) is 1.79. The molecular weight excluding hydrogens is 227 g/mol. The molecule has 0 aromatic heterocycles. The van der Waals surface area contributed by atoms with Crippen molar-refractivity contribution in [3.05, 3.63) is 35.1 Å². The Labute approximate surface area is 92.1 Å². The van der Waals surface area contributed by atoms with Crippen LogP contribution in [0.1, 0.15) is 24.4 Å². The van der Waals surface area contributed by atoms with Crippen molar-refractivity contribution in [1.29, 1.82) is 0 Å². The van der Waals surface area contributed by atoms with Gasteiger partial charge >= 0.3 is 0 Å². The van der Waals surface area contributed by atoms with Crippen LogP contribution in [0.5, 0.6) is 0 Å². The second kappa shape index (κ2) is 4.86. The quantitative estimate of drug-likeness (QED) is 0.741. The van der Waals surface area contributed by atoms with Crippen molar-refractivity contribution >= 4 is 12.4 Å². The molecule has 1 aromatic rings. The molecule has 0 saturated carbocycles. The van der Waals surface area contributed by atoms with Gasteiger partial charge in [-0.25, -0.2) is 13.2 Å². The van der Waals surface area contributed by atoms with Gasteiger partial charge in [-0.05, 0) is 31.5 Å². The van der Waals surface area contributed by atoms with Crippen molar-refractivity contribution < 1.29 is 13.2 Å². The van der Waals surface area contributed by atoms with Gasteiger partial charge in [0.15, 0.2) is 11.6 Å². The van der Waals surface area contributed by atoms with Crippen molar-refractivity contribution in [2.75, 3.05) is 6.54 Å². The van der Waals surface area contributed by atoms with Gasteiger partial charge in [-0.3, -0.25) is 0 Å². The zero-order chi connectivity index (χ0) is 10.1. The molecular formula is C10H11ClF3N. The van der Waals surface area contributed by atoms with Gasteiger partial charge in [0.2, 0.25) is 0 Å². The summed E-state index contributed by atoms with van der Waals surface area (Å²) in [6, 6.07) is 1.39. The molecule has 1 atom stereocenters. The van der Waals surface area contributed by atoms with E-state index in [9.17, 15) is 13.2 Å². The Morgan fingerprint density at radius 1 is 1.13 bits per heavy atom. The first-order chi connectivity index (χ1) is 6.70. The molecule has 0 amide bonds. The summed E-state index contributed by atoms with van der Waals surface area (Å²) in [5, 5.41) is 2.94. The SMILES string of the molecule is Cl.Fc1ccc(F)c([C@H]2CCCN2)c1F. The van der Waals surface area contributed by atoms with E-state index >= 15 is 0 Å². The van der Waals surface area contributed by atoms with Gasteiger partial charge in [0.1, 0.15) is 5.82 Å². The van der Waals surface area contributed by atoms with E-state index in [1.807, 2.05) is 0 Å². The van der Waals surface area contributed by atoms with Gasteiger partial charge in [0.25, 0.3) is 0 Å². The molecule has 0 unspecified atom stereocenters. The Kier molecular flexibility index (Phi) is 3.99. The van der Waals surface area contributed by atoms with Crippen LogP contribution in [0.4, 0.5) is 13.2 Å². The minimum absolute atomic E-state index is 0. The third kappa shape index (κ3) is 2.26. The average molecular weight is 238 g/mol. The van der Waals surface area contributed by atoms with E-state index in [0.717, 1.165) is 25.1 Å². The second-order valence-corrected chi connectivity index (χ2v) is 3.41. The molecule has 1 nitrogen and oxygen atoms in total. The molecule has 1 aliphatic rings. The smallest absolute Gasteiger partial charge is 0.166 e. The van der Waals surface area contributed by atoms with Gasteiger partial charge in [0, 0.05) is 11.6 Å². The van der Waals surface area contributed by atoms with Crippen molar-refractivity contribution in [2.24, 2.45) is 0 Å². The summed E-state index contributed by atoms with van der Waals surface area (Å²) in [6.45, 7) is 0.722. The maximum atomic E-state index is 13.3. The normalized spacial score (nSPS) is 20.1. The second-order valence-electron chi connectivity index (χ2n) is 3.41.